The van der Waals surface area contributed by atoms with Gasteiger partial charge in [-0.05, 0) is 72.7 Å². The number of phenolic OH excluding ortho intramolecular Hbond substituents is 1. The molecule has 0 atom stereocenters. The zero-order chi connectivity index (χ0) is 24.5. The van der Waals surface area contributed by atoms with Gasteiger partial charge in [-0.25, -0.2) is 4.79 Å². The molecule has 0 radical (unpaired) electrons. The molecule has 32 heavy (non-hydrogen) atoms. The van der Waals surface area contributed by atoms with Crippen LogP contribution < -0.4 is 4.74 Å². The Bertz CT molecular complexity index is 994. The molecule has 2 rings (SSSR count). The maximum atomic E-state index is 12.7. The maximum absolute atomic E-state index is 12.7. The van der Waals surface area contributed by atoms with E-state index in [0.717, 1.165) is 16.7 Å². The number of phenols is 1. The lowest BCUT2D eigenvalue weighted by Gasteiger charge is -2.27. The fraction of sp³-hybridized carbons (Fsp3) is 0.407. The molecule has 0 heterocycles. The van der Waals surface area contributed by atoms with Crippen LogP contribution in [0.25, 0.3) is 6.08 Å². The second kappa shape index (κ2) is 8.81. The van der Waals surface area contributed by atoms with Crippen molar-refractivity contribution in [1.29, 1.82) is 0 Å². The number of ether oxygens (including phenoxy) is 1. The van der Waals surface area contributed by atoms with Crippen LogP contribution in [0.4, 0.5) is 0 Å². The Hall–Kier alpha value is -3.08. The molecule has 0 amide bonds. The van der Waals surface area contributed by atoms with Crippen LogP contribution in [0.15, 0.2) is 42.5 Å². The van der Waals surface area contributed by atoms with Crippen LogP contribution in [0, 0.1) is 0 Å². The highest BCUT2D eigenvalue weighted by atomic mass is 16.5. The molecule has 0 saturated heterocycles. The first-order valence-corrected chi connectivity index (χ1v) is 10.7. The molecule has 5 nitrogen and oxygen atoms in total. The number of carboxylic acid groups (broad SMARTS) is 1. The molecule has 172 valence electrons. The minimum absolute atomic E-state index is 0.184. The van der Waals surface area contributed by atoms with E-state index >= 15 is 0 Å². The van der Waals surface area contributed by atoms with Crippen molar-refractivity contribution in [1.82, 2.24) is 0 Å². The van der Waals surface area contributed by atoms with E-state index in [9.17, 15) is 19.8 Å². The molecule has 0 bridgehead atoms. The van der Waals surface area contributed by atoms with Crippen LogP contribution in [-0.2, 0) is 15.6 Å². The van der Waals surface area contributed by atoms with E-state index in [2.05, 4.69) is 0 Å². The molecule has 2 N–H and O–H groups in total. The average Bonchev–Trinajstić information content (AvgIpc) is 2.65. The number of aromatic hydroxyl groups is 1. The number of aliphatic carboxylic acids is 1. The van der Waals surface area contributed by atoms with E-state index in [1.165, 1.54) is 19.9 Å². The van der Waals surface area contributed by atoms with Crippen molar-refractivity contribution in [2.45, 2.75) is 71.8 Å². The topological polar surface area (TPSA) is 83.8 Å². The lowest BCUT2D eigenvalue weighted by molar-refractivity contribution is -0.152. The molecule has 0 aliphatic rings. The highest BCUT2D eigenvalue weighted by Crippen LogP contribution is 2.40. The Morgan fingerprint density at radius 1 is 0.844 bits per heavy atom. The molecule has 0 aliphatic heterocycles. The number of benzene rings is 2. The lowest BCUT2D eigenvalue weighted by atomic mass is 9.78. The molecular weight excluding hydrogens is 404 g/mol. The summed E-state index contributed by atoms with van der Waals surface area (Å²) in [6, 6.07) is 10.2. The van der Waals surface area contributed by atoms with E-state index < -0.39 is 11.6 Å². The van der Waals surface area contributed by atoms with Crippen molar-refractivity contribution in [3.63, 3.8) is 0 Å². The highest BCUT2D eigenvalue weighted by Gasteiger charge is 2.29. The lowest BCUT2D eigenvalue weighted by Crippen LogP contribution is -2.37. The Morgan fingerprint density at radius 2 is 1.31 bits per heavy atom. The van der Waals surface area contributed by atoms with Crippen molar-refractivity contribution in [2.75, 3.05) is 0 Å². The minimum atomic E-state index is -1.36. The third-order valence-corrected chi connectivity index (χ3v) is 5.20. The Balaban J connectivity index is 2.31. The van der Waals surface area contributed by atoms with E-state index in [1.54, 1.807) is 30.3 Å². The summed E-state index contributed by atoms with van der Waals surface area (Å²) in [6.07, 6.45) is 3.26. The maximum Gasteiger partial charge on any atom is 0.347 e. The molecular formula is C27H34O5. The third-order valence-electron chi connectivity index (χ3n) is 5.20. The van der Waals surface area contributed by atoms with Gasteiger partial charge in [0.2, 0.25) is 0 Å². The van der Waals surface area contributed by atoms with E-state index in [4.69, 9.17) is 4.74 Å². The van der Waals surface area contributed by atoms with Crippen LogP contribution in [0.3, 0.4) is 0 Å². The normalized spacial score (nSPS) is 12.8. The van der Waals surface area contributed by atoms with Gasteiger partial charge in [-0.3, -0.25) is 4.79 Å². The summed E-state index contributed by atoms with van der Waals surface area (Å²) in [6.45, 7) is 15.2. The summed E-state index contributed by atoms with van der Waals surface area (Å²) in [5, 5.41) is 20.0. The number of ketones is 1. The van der Waals surface area contributed by atoms with Crippen molar-refractivity contribution in [3.05, 3.63) is 64.7 Å². The number of carbonyl (C=O) groups excluding carboxylic acids is 1. The Kier molecular flexibility index (Phi) is 6.93. The van der Waals surface area contributed by atoms with Gasteiger partial charge in [-0.2, -0.15) is 0 Å². The van der Waals surface area contributed by atoms with Gasteiger partial charge in [-0.15, -0.1) is 0 Å². The third kappa shape index (κ3) is 6.00. The summed E-state index contributed by atoms with van der Waals surface area (Å²) in [5.74, 6) is -0.579. The largest absolute Gasteiger partial charge is 0.507 e. The monoisotopic (exact) mass is 438 g/mol. The predicted octanol–water partition coefficient (Wildman–Crippen LogP) is 6.13. The zero-order valence-electron chi connectivity index (χ0n) is 20.2. The summed E-state index contributed by atoms with van der Waals surface area (Å²) in [7, 11) is 0. The summed E-state index contributed by atoms with van der Waals surface area (Å²) >= 11 is 0. The van der Waals surface area contributed by atoms with Crippen LogP contribution in [-0.4, -0.2) is 27.6 Å². The van der Waals surface area contributed by atoms with Crippen molar-refractivity contribution < 1.29 is 24.5 Å². The number of allylic oxidation sites excluding steroid dienone is 1. The summed E-state index contributed by atoms with van der Waals surface area (Å²) in [5.41, 5.74) is 1.11. The molecule has 5 heteroatoms. The molecule has 0 saturated carbocycles. The SMILES string of the molecule is CC(C)(Oc1ccc(C(=O)/C=C/c2cc(C(C)(C)C)c(O)c(C(C)(C)C)c2)cc1)C(=O)O. The molecule has 0 aromatic heterocycles. The standard InChI is InChI=1S/C27H34O5/c1-25(2,3)20-15-17(16-21(23(20)29)26(4,5)6)9-14-22(28)18-10-12-19(13-11-18)32-27(7,8)24(30)31/h9-16,29H,1-8H3,(H,30,31)/b14-9+. The quantitative estimate of drug-likeness (QED) is 0.419. The van der Waals surface area contributed by atoms with Gasteiger partial charge in [0.25, 0.3) is 0 Å². The van der Waals surface area contributed by atoms with Crippen LogP contribution >= 0.6 is 0 Å². The first kappa shape index (κ1) is 25.2. The van der Waals surface area contributed by atoms with Gasteiger partial charge >= 0.3 is 5.97 Å². The van der Waals surface area contributed by atoms with E-state index in [0.29, 0.717) is 17.1 Å². The molecule has 0 fully saturated rings. The van der Waals surface area contributed by atoms with Gasteiger partial charge in [-0.1, -0.05) is 47.6 Å². The molecule has 2 aromatic carbocycles. The fourth-order valence-electron chi connectivity index (χ4n) is 3.19. The number of carboxylic acids is 1. The predicted molar refractivity (Wildman–Crippen MR) is 128 cm³/mol. The summed E-state index contributed by atoms with van der Waals surface area (Å²) in [4.78, 5) is 23.9. The minimum Gasteiger partial charge on any atom is -0.507 e. The van der Waals surface area contributed by atoms with Crippen LogP contribution in [0.1, 0.15) is 82.4 Å². The van der Waals surface area contributed by atoms with Gasteiger partial charge in [0, 0.05) is 16.7 Å². The van der Waals surface area contributed by atoms with Gasteiger partial charge in [0.05, 0.1) is 0 Å². The average molecular weight is 439 g/mol. The first-order chi connectivity index (χ1) is 14.5. The van der Waals surface area contributed by atoms with Gasteiger partial charge in [0.15, 0.2) is 11.4 Å². The number of hydrogen-bond donors (Lipinski definition) is 2. The van der Waals surface area contributed by atoms with Crippen molar-refractivity contribution >= 4 is 17.8 Å². The zero-order valence-corrected chi connectivity index (χ0v) is 20.2. The first-order valence-electron chi connectivity index (χ1n) is 10.7. The smallest absolute Gasteiger partial charge is 0.347 e. The Morgan fingerprint density at radius 3 is 1.72 bits per heavy atom. The van der Waals surface area contributed by atoms with Gasteiger partial charge < -0.3 is 14.9 Å². The van der Waals surface area contributed by atoms with Crippen molar-refractivity contribution in [3.8, 4) is 11.5 Å². The van der Waals surface area contributed by atoms with Crippen LogP contribution in [0.2, 0.25) is 0 Å². The molecule has 0 aliphatic carbocycles. The highest BCUT2D eigenvalue weighted by molar-refractivity contribution is 6.06. The fourth-order valence-corrected chi connectivity index (χ4v) is 3.19. The van der Waals surface area contributed by atoms with Crippen molar-refractivity contribution in [2.24, 2.45) is 0 Å². The van der Waals surface area contributed by atoms with E-state index in [1.807, 2.05) is 53.7 Å². The second-order valence-corrected chi connectivity index (χ2v) is 10.6. The van der Waals surface area contributed by atoms with Gasteiger partial charge in [0.1, 0.15) is 11.5 Å². The van der Waals surface area contributed by atoms with E-state index in [-0.39, 0.29) is 16.6 Å². The molecule has 0 spiro atoms. The summed E-state index contributed by atoms with van der Waals surface area (Å²) < 4.78 is 5.48. The number of carbonyl (C=O) groups is 2. The molecule has 2 aromatic rings. The van der Waals surface area contributed by atoms with Crippen LogP contribution in [0.5, 0.6) is 11.5 Å². The Labute approximate surface area is 190 Å². The molecule has 0 unspecified atom stereocenters. The number of rotatable bonds is 6. The second-order valence-electron chi connectivity index (χ2n) is 10.6. The number of hydrogen-bond acceptors (Lipinski definition) is 4.